The first-order valence-corrected chi connectivity index (χ1v) is 6.16. The van der Waals surface area contributed by atoms with Crippen LogP contribution < -0.4 is 5.32 Å². The van der Waals surface area contributed by atoms with Gasteiger partial charge in [0.05, 0.1) is 5.56 Å². The number of rotatable bonds is 5. The van der Waals surface area contributed by atoms with E-state index < -0.39 is 5.97 Å². The van der Waals surface area contributed by atoms with Gasteiger partial charge in [-0.25, -0.2) is 4.79 Å². The van der Waals surface area contributed by atoms with Gasteiger partial charge in [-0.1, -0.05) is 15.9 Å². The SMILES string of the molecule is CN(C)CCC(=O)Nc1cc(Br)cc(C(=O)O)c1. The second-order valence-electron chi connectivity index (χ2n) is 4.14. The normalized spacial score (nSPS) is 10.4. The Balaban J connectivity index is 2.72. The van der Waals surface area contributed by atoms with Crippen molar-refractivity contribution in [2.45, 2.75) is 6.42 Å². The molecule has 98 valence electrons. The number of benzene rings is 1. The highest BCUT2D eigenvalue weighted by Gasteiger charge is 2.08. The molecule has 1 aromatic carbocycles. The number of hydrogen-bond acceptors (Lipinski definition) is 3. The van der Waals surface area contributed by atoms with Gasteiger partial charge < -0.3 is 15.3 Å². The molecule has 0 aliphatic heterocycles. The Bertz CT molecular complexity index is 461. The molecule has 0 aromatic heterocycles. The van der Waals surface area contributed by atoms with Crippen LogP contribution >= 0.6 is 15.9 Å². The van der Waals surface area contributed by atoms with Gasteiger partial charge in [0, 0.05) is 23.1 Å². The van der Waals surface area contributed by atoms with Crippen molar-refractivity contribution in [1.29, 1.82) is 0 Å². The van der Waals surface area contributed by atoms with Gasteiger partial charge in [0.1, 0.15) is 0 Å². The van der Waals surface area contributed by atoms with E-state index in [0.29, 0.717) is 23.1 Å². The van der Waals surface area contributed by atoms with Crippen molar-refractivity contribution in [2.24, 2.45) is 0 Å². The summed E-state index contributed by atoms with van der Waals surface area (Å²) in [4.78, 5) is 24.4. The zero-order valence-electron chi connectivity index (χ0n) is 10.2. The van der Waals surface area contributed by atoms with Gasteiger partial charge in [-0.15, -0.1) is 0 Å². The lowest BCUT2D eigenvalue weighted by Crippen LogP contribution is -2.20. The average molecular weight is 315 g/mol. The lowest BCUT2D eigenvalue weighted by atomic mass is 10.2. The summed E-state index contributed by atoms with van der Waals surface area (Å²) in [5.74, 6) is -1.17. The maximum atomic E-state index is 11.6. The first-order valence-electron chi connectivity index (χ1n) is 5.37. The molecule has 0 atom stereocenters. The topological polar surface area (TPSA) is 69.6 Å². The first-order chi connectivity index (χ1) is 8.38. The number of carbonyl (C=O) groups excluding carboxylic acids is 1. The molecular formula is C12H15BrN2O3. The predicted octanol–water partition coefficient (Wildman–Crippen LogP) is 2.04. The van der Waals surface area contributed by atoms with E-state index in [0.717, 1.165) is 0 Å². The van der Waals surface area contributed by atoms with Crippen molar-refractivity contribution < 1.29 is 14.7 Å². The molecule has 18 heavy (non-hydrogen) atoms. The van der Waals surface area contributed by atoms with Crippen molar-refractivity contribution >= 4 is 33.5 Å². The third-order valence-electron chi connectivity index (χ3n) is 2.21. The molecule has 0 spiro atoms. The monoisotopic (exact) mass is 314 g/mol. The van der Waals surface area contributed by atoms with Crippen LogP contribution in [0.15, 0.2) is 22.7 Å². The molecule has 0 heterocycles. The Kier molecular flexibility index (Phi) is 5.30. The van der Waals surface area contributed by atoms with E-state index in [4.69, 9.17) is 5.11 Å². The summed E-state index contributed by atoms with van der Waals surface area (Å²) >= 11 is 3.21. The fraction of sp³-hybridized carbons (Fsp3) is 0.333. The Hall–Kier alpha value is -1.40. The van der Waals surface area contributed by atoms with E-state index in [1.54, 1.807) is 6.07 Å². The number of carboxylic acid groups (broad SMARTS) is 1. The molecule has 0 saturated carbocycles. The number of amides is 1. The maximum absolute atomic E-state index is 11.6. The van der Waals surface area contributed by atoms with Gasteiger partial charge in [-0.3, -0.25) is 4.79 Å². The molecule has 0 unspecified atom stereocenters. The number of aromatic carboxylic acids is 1. The van der Waals surface area contributed by atoms with Crippen LogP contribution in [0.2, 0.25) is 0 Å². The molecule has 0 radical (unpaired) electrons. The number of anilines is 1. The molecule has 0 saturated heterocycles. The zero-order chi connectivity index (χ0) is 13.7. The van der Waals surface area contributed by atoms with Crippen LogP contribution in [0.3, 0.4) is 0 Å². The number of nitrogens with zero attached hydrogens (tertiary/aromatic N) is 1. The van der Waals surface area contributed by atoms with E-state index in [1.807, 2.05) is 19.0 Å². The molecular weight excluding hydrogens is 300 g/mol. The fourth-order valence-electron chi connectivity index (χ4n) is 1.33. The quantitative estimate of drug-likeness (QED) is 0.872. The Labute approximate surface area is 114 Å². The maximum Gasteiger partial charge on any atom is 0.335 e. The highest BCUT2D eigenvalue weighted by Crippen LogP contribution is 2.19. The number of hydrogen-bond donors (Lipinski definition) is 2. The van der Waals surface area contributed by atoms with Crippen LogP contribution in [-0.2, 0) is 4.79 Å². The largest absolute Gasteiger partial charge is 0.478 e. The summed E-state index contributed by atoms with van der Waals surface area (Å²) in [6.07, 6.45) is 0.363. The third-order valence-corrected chi connectivity index (χ3v) is 2.67. The van der Waals surface area contributed by atoms with Crippen molar-refractivity contribution in [3.05, 3.63) is 28.2 Å². The third kappa shape index (κ3) is 4.85. The van der Waals surface area contributed by atoms with Gasteiger partial charge >= 0.3 is 5.97 Å². The molecule has 1 amide bonds. The minimum atomic E-state index is -1.03. The van der Waals surface area contributed by atoms with Crippen LogP contribution in [0.25, 0.3) is 0 Å². The Morgan fingerprint density at radius 3 is 2.56 bits per heavy atom. The van der Waals surface area contributed by atoms with Crippen LogP contribution in [0.5, 0.6) is 0 Å². The van der Waals surface area contributed by atoms with Gasteiger partial charge in [0.2, 0.25) is 5.91 Å². The second kappa shape index (κ2) is 6.51. The smallest absolute Gasteiger partial charge is 0.335 e. The summed E-state index contributed by atoms with van der Waals surface area (Å²) in [6.45, 7) is 0.644. The van der Waals surface area contributed by atoms with E-state index in [2.05, 4.69) is 21.2 Å². The minimum absolute atomic E-state index is 0.132. The van der Waals surface area contributed by atoms with E-state index in [1.165, 1.54) is 12.1 Å². The van der Waals surface area contributed by atoms with Crippen LogP contribution in [0, 0.1) is 0 Å². The van der Waals surface area contributed by atoms with Crippen LogP contribution in [0.1, 0.15) is 16.8 Å². The van der Waals surface area contributed by atoms with Crippen molar-refractivity contribution in [3.8, 4) is 0 Å². The van der Waals surface area contributed by atoms with Crippen LogP contribution in [-0.4, -0.2) is 42.5 Å². The van der Waals surface area contributed by atoms with Crippen molar-refractivity contribution in [3.63, 3.8) is 0 Å². The molecule has 1 aromatic rings. The lowest BCUT2D eigenvalue weighted by molar-refractivity contribution is -0.116. The molecule has 2 N–H and O–H groups in total. The summed E-state index contributed by atoms with van der Waals surface area (Å²) < 4.78 is 0.616. The number of carbonyl (C=O) groups is 2. The molecule has 0 fully saturated rings. The zero-order valence-corrected chi connectivity index (χ0v) is 11.8. The molecule has 0 aliphatic carbocycles. The first kappa shape index (κ1) is 14.7. The van der Waals surface area contributed by atoms with E-state index in [-0.39, 0.29) is 11.5 Å². The minimum Gasteiger partial charge on any atom is -0.478 e. The van der Waals surface area contributed by atoms with Gasteiger partial charge in [-0.05, 0) is 32.3 Å². The van der Waals surface area contributed by atoms with Crippen molar-refractivity contribution in [1.82, 2.24) is 4.90 Å². The van der Waals surface area contributed by atoms with Gasteiger partial charge in [0.25, 0.3) is 0 Å². The average Bonchev–Trinajstić information content (AvgIpc) is 2.25. The Morgan fingerprint density at radius 1 is 1.33 bits per heavy atom. The van der Waals surface area contributed by atoms with Crippen LogP contribution in [0.4, 0.5) is 5.69 Å². The summed E-state index contributed by atoms with van der Waals surface area (Å²) in [7, 11) is 3.77. The number of carboxylic acids is 1. The molecule has 5 nitrogen and oxygen atoms in total. The highest BCUT2D eigenvalue weighted by molar-refractivity contribution is 9.10. The molecule has 0 aliphatic rings. The standard InChI is InChI=1S/C12H15BrN2O3/c1-15(2)4-3-11(16)14-10-6-8(12(17)18)5-9(13)7-10/h5-7H,3-4H2,1-2H3,(H,14,16)(H,17,18). The number of halogens is 1. The van der Waals surface area contributed by atoms with E-state index >= 15 is 0 Å². The summed E-state index contributed by atoms with van der Waals surface area (Å²) in [5.41, 5.74) is 0.609. The highest BCUT2D eigenvalue weighted by atomic mass is 79.9. The fourth-order valence-corrected chi connectivity index (χ4v) is 1.83. The van der Waals surface area contributed by atoms with Crippen molar-refractivity contribution in [2.75, 3.05) is 26.0 Å². The Morgan fingerprint density at radius 2 is 2.00 bits per heavy atom. The van der Waals surface area contributed by atoms with Gasteiger partial charge in [-0.2, -0.15) is 0 Å². The van der Waals surface area contributed by atoms with E-state index in [9.17, 15) is 9.59 Å². The second-order valence-corrected chi connectivity index (χ2v) is 5.05. The lowest BCUT2D eigenvalue weighted by Gasteiger charge is -2.10. The number of nitrogens with one attached hydrogen (secondary N) is 1. The predicted molar refractivity (Wildman–Crippen MR) is 72.9 cm³/mol. The molecule has 0 bridgehead atoms. The van der Waals surface area contributed by atoms with Gasteiger partial charge in [0.15, 0.2) is 0 Å². The summed E-state index contributed by atoms with van der Waals surface area (Å²) in [5, 5.41) is 11.6. The molecule has 1 rings (SSSR count). The molecule has 6 heteroatoms. The summed E-state index contributed by atoms with van der Waals surface area (Å²) in [6, 6.07) is 4.58.